The van der Waals surface area contributed by atoms with Crippen LogP contribution in [-0.4, -0.2) is 21.7 Å². The van der Waals surface area contributed by atoms with Gasteiger partial charge in [-0.15, -0.1) is 0 Å². The standard InChI is InChI=1S/C14H20BNO2/c1-7-8(2)10(4)13-12(9(7)3)11(5)14(15(17)18)16(13)6/h17-18H,1-6H3. The van der Waals surface area contributed by atoms with Crippen molar-refractivity contribution in [3.63, 3.8) is 0 Å². The molecule has 2 aromatic rings. The summed E-state index contributed by atoms with van der Waals surface area (Å²) in [4.78, 5) is 0. The van der Waals surface area contributed by atoms with E-state index in [1.54, 1.807) is 0 Å². The lowest BCUT2D eigenvalue weighted by atomic mass is 9.82. The quantitative estimate of drug-likeness (QED) is 0.746. The van der Waals surface area contributed by atoms with Gasteiger partial charge in [-0.1, -0.05) is 0 Å². The minimum Gasteiger partial charge on any atom is -0.422 e. The lowest BCUT2D eigenvalue weighted by Gasteiger charge is -2.13. The number of aromatic nitrogens is 1. The van der Waals surface area contributed by atoms with Crippen molar-refractivity contribution in [3.05, 3.63) is 27.8 Å². The molecule has 2 rings (SSSR count). The first-order valence-electron chi connectivity index (χ1n) is 6.20. The van der Waals surface area contributed by atoms with Crippen molar-refractivity contribution in [2.24, 2.45) is 7.05 Å². The molecule has 0 saturated heterocycles. The van der Waals surface area contributed by atoms with E-state index in [2.05, 4.69) is 27.7 Å². The van der Waals surface area contributed by atoms with Crippen molar-refractivity contribution in [2.45, 2.75) is 34.6 Å². The van der Waals surface area contributed by atoms with Crippen LogP contribution < -0.4 is 5.59 Å². The lowest BCUT2D eigenvalue weighted by molar-refractivity contribution is 0.422. The second-order valence-corrected chi connectivity index (χ2v) is 5.17. The maximum Gasteiger partial charge on any atom is 0.506 e. The fourth-order valence-corrected chi connectivity index (χ4v) is 3.04. The Balaban J connectivity index is 3.08. The van der Waals surface area contributed by atoms with Crippen molar-refractivity contribution in [3.8, 4) is 0 Å². The Kier molecular flexibility index (Phi) is 3.03. The number of hydrogen-bond acceptors (Lipinski definition) is 2. The molecule has 1 aromatic carbocycles. The van der Waals surface area contributed by atoms with Crippen molar-refractivity contribution in [2.75, 3.05) is 0 Å². The summed E-state index contributed by atoms with van der Waals surface area (Å²) >= 11 is 0. The topological polar surface area (TPSA) is 45.4 Å². The number of hydrogen-bond donors (Lipinski definition) is 2. The maximum absolute atomic E-state index is 9.54. The van der Waals surface area contributed by atoms with Gasteiger partial charge in [-0.25, -0.2) is 0 Å². The Morgan fingerprint density at radius 1 is 0.778 bits per heavy atom. The van der Waals surface area contributed by atoms with Gasteiger partial charge in [-0.05, 0) is 62.4 Å². The first kappa shape index (κ1) is 13.2. The van der Waals surface area contributed by atoms with Crippen LogP contribution in [0.4, 0.5) is 0 Å². The molecule has 0 aliphatic carbocycles. The number of benzene rings is 1. The molecule has 0 radical (unpaired) electrons. The summed E-state index contributed by atoms with van der Waals surface area (Å²) in [7, 11) is 0.465. The van der Waals surface area contributed by atoms with Crippen LogP contribution in [0, 0.1) is 34.6 Å². The van der Waals surface area contributed by atoms with Crippen LogP contribution in [-0.2, 0) is 7.05 Å². The van der Waals surface area contributed by atoms with Gasteiger partial charge in [0.2, 0.25) is 0 Å². The molecule has 0 aliphatic rings. The molecule has 1 heterocycles. The molecule has 4 heteroatoms. The predicted molar refractivity (Wildman–Crippen MR) is 76.4 cm³/mol. The van der Waals surface area contributed by atoms with Gasteiger partial charge in [-0.3, -0.25) is 0 Å². The number of aryl methyl sites for hydroxylation is 4. The maximum atomic E-state index is 9.54. The van der Waals surface area contributed by atoms with Crippen LogP contribution in [0.3, 0.4) is 0 Å². The minimum atomic E-state index is -1.43. The highest BCUT2D eigenvalue weighted by Crippen LogP contribution is 2.31. The summed E-state index contributed by atoms with van der Waals surface area (Å²) in [6.07, 6.45) is 0. The van der Waals surface area contributed by atoms with Gasteiger partial charge in [0, 0.05) is 12.4 Å². The van der Waals surface area contributed by atoms with E-state index < -0.39 is 7.12 Å². The van der Waals surface area contributed by atoms with Gasteiger partial charge in [0.15, 0.2) is 0 Å². The van der Waals surface area contributed by atoms with Crippen molar-refractivity contribution in [1.29, 1.82) is 0 Å². The van der Waals surface area contributed by atoms with E-state index in [4.69, 9.17) is 0 Å². The lowest BCUT2D eigenvalue weighted by Crippen LogP contribution is -2.36. The van der Waals surface area contributed by atoms with Crippen molar-refractivity contribution < 1.29 is 10.0 Å². The molecule has 0 fully saturated rings. The second-order valence-electron chi connectivity index (χ2n) is 5.17. The zero-order valence-electron chi connectivity index (χ0n) is 11.9. The van der Waals surface area contributed by atoms with Gasteiger partial charge < -0.3 is 14.6 Å². The smallest absolute Gasteiger partial charge is 0.422 e. The summed E-state index contributed by atoms with van der Waals surface area (Å²) in [5, 5.41) is 20.2. The molecule has 96 valence electrons. The second kappa shape index (κ2) is 4.14. The minimum absolute atomic E-state index is 0.584. The molecule has 0 amide bonds. The molecule has 1 aromatic heterocycles. The largest absolute Gasteiger partial charge is 0.506 e. The Hall–Kier alpha value is -1.26. The van der Waals surface area contributed by atoms with Gasteiger partial charge in [-0.2, -0.15) is 0 Å². The average molecular weight is 245 g/mol. The van der Waals surface area contributed by atoms with E-state index in [0.29, 0.717) is 5.59 Å². The fraction of sp³-hybridized carbons (Fsp3) is 0.429. The highest BCUT2D eigenvalue weighted by atomic mass is 16.4. The fourth-order valence-electron chi connectivity index (χ4n) is 3.04. The van der Waals surface area contributed by atoms with Gasteiger partial charge >= 0.3 is 7.12 Å². The first-order valence-corrected chi connectivity index (χ1v) is 6.20. The summed E-state index contributed by atoms with van der Waals surface area (Å²) in [5.41, 5.74) is 7.66. The van der Waals surface area contributed by atoms with Crippen LogP contribution >= 0.6 is 0 Å². The Morgan fingerprint density at radius 3 is 1.78 bits per heavy atom. The summed E-state index contributed by atoms with van der Waals surface area (Å²) in [5.74, 6) is 0. The normalized spacial score (nSPS) is 11.3. The average Bonchev–Trinajstić information content (AvgIpc) is 2.55. The van der Waals surface area contributed by atoms with Crippen molar-refractivity contribution >= 4 is 23.6 Å². The van der Waals surface area contributed by atoms with Crippen LogP contribution in [0.1, 0.15) is 27.8 Å². The van der Waals surface area contributed by atoms with E-state index in [1.807, 2.05) is 18.5 Å². The molecule has 2 N–H and O–H groups in total. The summed E-state index contributed by atoms with van der Waals surface area (Å²) in [6, 6.07) is 0. The Morgan fingerprint density at radius 2 is 1.28 bits per heavy atom. The SMILES string of the molecule is Cc1c(C)c(C)c2c(c1C)c(C)c(B(O)O)n2C. The van der Waals surface area contributed by atoms with Crippen LogP contribution in [0.5, 0.6) is 0 Å². The highest BCUT2D eigenvalue weighted by molar-refractivity contribution is 6.59. The summed E-state index contributed by atoms with van der Waals surface area (Å²) in [6.45, 7) is 10.4. The molecule has 3 nitrogen and oxygen atoms in total. The molecule has 0 bridgehead atoms. The highest BCUT2D eigenvalue weighted by Gasteiger charge is 2.24. The third-order valence-electron chi connectivity index (χ3n) is 4.36. The zero-order chi connectivity index (χ0) is 13.8. The first-order chi connectivity index (χ1) is 8.29. The zero-order valence-corrected chi connectivity index (χ0v) is 11.9. The number of fused-ring (bicyclic) bond motifs is 1. The molecule has 0 unspecified atom stereocenters. The number of nitrogens with zero attached hydrogens (tertiary/aromatic N) is 1. The molecule has 0 spiro atoms. The van der Waals surface area contributed by atoms with Crippen molar-refractivity contribution in [1.82, 2.24) is 4.57 Å². The molecule has 0 atom stereocenters. The third-order valence-corrected chi connectivity index (χ3v) is 4.36. The Bertz CT molecular complexity index is 591. The van der Waals surface area contributed by atoms with E-state index in [0.717, 1.165) is 16.5 Å². The molecular weight excluding hydrogens is 225 g/mol. The van der Waals surface area contributed by atoms with E-state index >= 15 is 0 Å². The predicted octanol–water partition coefficient (Wildman–Crippen LogP) is 1.40. The number of rotatable bonds is 1. The van der Waals surface area contributed by atoms with E-state index in [1.165, 1.54) is 22.3 Å². The summed E-state index contributed by atoms with van der Waals surface area (Å²) < 4.78 is 1.91. The van der Waals surface area contributed by atoms with Crippen LogP contribution in [0.2, 0.25) is 0 Å². The Labute approximate surface area is 108 Å². The molecule has 18 heavy (non-hydrogen) atoms. The van der Waals surface area contributed by atoms with Gasteiger partial charge in [0.1, 0.15) is 0 Å². The van der Waals surface area contributed by atoms with E-state index in [9.17, 15) is 10.0 Å². The van der Waals surface area contributed by atoms with Gasteiger partial charge in [0.05, 0.1) is 11.1 Å². The molecule has 0 aliphatic heterocycles. The molecule has 0 saturated carbocycles. The monoisotopic (exact) mass is 245 g/mol. The van der Waals surface area contributed by atoms with Crippen LogP contribution in [0.15, 0.2) is 0 Å². The van der Waals surface area contributed by atoms with Gasteiger partial charge in [0.25, 0.3) is 0 Å². The van der Waals surface area contributed by atoms with Crippen LogP contribution in [0.25, 0.3) is 10.9 Å². The van der Waals surface area contributed by atoms with E-state index in [-0.39, 0.29) is 0 Å². The molecular formula is C14H20BNO2. The third kappa shape index (κ3) is 1.52.